The smallest absolute Gasteiger partial charge is 0.340 e. The van der Waals surface area contributed by atoms with E-state index in [0.29, 0.717) is 46.3 Å². The molecule has 0 unspecified atom stereocenters. The number of carbonyl (C=O) groups excluding carboxylic acids is 2. The van der Waals surface area contributed by atoms with Gasteiger partial charge >= 0.3 is 5.97 Å². The average Bonchev–Trinajstić information content (AvgIpc) is 3.31. The van der Waals surface area contributed by atoms with E-state index in [-0.39, 0.29) is 11.6 Å². The number of hydrogen-bond acceptors (Lipinski definition) is 6. The monoisotopic (exact) mass is 424 g/mol. The van der Waals surface area contributed by atoms with Gasteiger partial charge in [-0.2, -0.15) is 0 Å². The van der Waals surface area contributed by atoms with Crippen LogP contribution in [-0.2, 0) is 9.53 Å². The van der Waals surface area contributed by atoms with Gasteiger partial charge < -0.3 is 14.2 Å². The first-order chi connectivity index (χ1) is 14.6. The number of esters is 1. The number of carbonyl (C=O) groups is 2. The average molecular weight is 424 g/mol. The van der Waals surface area contributed by atoms with Gasteiger partial charge in [0.1, 0.15) is 19.0 Å². The molecule has 4 rings (SSSR count). The highest BCUT2D eigenvalue weighted by molar-refractivity contribution is 7.11. The van der Waals surface area contributed by atoms with Crippen molar-refractivity contribution < 1.29 is 28.2 Å². The summed E-state index contributed by atoms with van der Waals surface area (Å²) in [5, 5.41) is 1.83. The number of Topliss-reactive ketones (excluding diaryl/α,β-unsaturated/α-hetero) is 1. The largest absolute Gasteiger partial charge is 0.486 e. The third-order valence-corrected chi connectivity index (χ3v) is 5.29. The van der Waals surface area contributed by atoms with Gasteiger partial charge in [-0.1, -0.05) is 18.2 Å². The lowest BCUT2D eigenvalue weighted by Crippen LogP contribution is -2.17. The predicted octanol–water partition coefficient (Wildman–Crippen LogP) is 4.63. The number of benzene rings is 2. The molecule has 0 amide bonds. The fourth-order valence-electron chi connectivity index (χ4n) is 2.90. The number of halogens is 1. The Morgan fingerprint density at radius 1 is 1.03 bits per heavy atom. The molecule has 3 aromatic rings. The quantitative estimate of drug-likeness (QED) is 0.328. The van der Waals surface area contributed by atoms with E-state index in [0.717, 1.165) is 0 Å². The Labute approximate surface area is 176 Å². The van der Waals surface area contributed by atoms with E-state index in [1.54, 1.807) is 42.5 Å². The van der Waals surface area contributed by atoms with E-state index in [1.807, 2.05) is 11.4 Å². The Balaban J connectivity index is 1.49. The normalized spacial score (nSPS) is 13.0. The van der Waals surface area contributed by atoms with Crippen molar-refractivity contribution in [2.45, 2.75) is 0 Å². The van der Waals surface area contributed by atoms with Gasteiger partial charge in [0, 0.05) is 10.4 Å². The first kappa shape index (κ1) is 19.8. The van der Waals surface area contributed by atoms with Crippen LogP contribution in [0, 0.1) is 5.82 Å². The predicted molar refractivity (Wildman–Crippen MR) is 111 cm³/mol. The molecule has 0 saturated heterocycles. The van der Waals surface area contributed by atoms with Crippen molar-refractivity contribution in [2.24, 2.45) is 0 Å². The van der Waals surface area contributed by atoms with Gasteiger partial charge in [0.25, 0.3) is 0 Å². The van der Waals surface area contributed by atoms with Crippen molar-refractivity contribution in [3.8, 4) is 11.5 Å². The van der Waals surface area contributed by atoms with Crippen LogP contribution in [0.15, 0.2) is 60.0 Å². The van der Waals surface area contributed by atoms with Gasteiger partial charge in [0.15, 0.2) is 23.9 Å². The molecule has 1 aliphatic rings. The minimum Gasteiger partial charge on any atom is -0.486 e. The van der Waals surface area contributed by atoms with E-state index in [2.05, 4.69) is 0 Å². The summed E-state index contributed by atoms with van der Waals surface area (Å²) in [5.41, 5.74) is 1.31. The van der Waals surface area contributed by atoms with Crippen LogP contribution in [0.5, 0.6) is 11.5 Å². The molecule has 2 aromatic carbocycles. The summed E-state index contributed by atoms with van der Waals surface area (Å²) >= 11 is 1.37. The number of hydrogen-bond donors (Lipinski definition) is 0. The minimum atomic E-state index is -0.632. The molecule has 30 heavy (non-hydrogen) atoms. The molecule has 7 heteroatoms. The second-order valence-corrected chi connectivity index (χ2v) is 7.39. The molecule has 0 saturated carbocycles. The van der Waals surface area contributed by atoms with Crippen molar-refractivity contribution in [3.63, 3.8) is 0 Å². The number of fused-ring (bicyclic) bond motifs is 1. The maximum absolute atomic E-state index is 13.2. The van der Waals surface area contributed by atoms with Crippen molar-refractivity contribution in [2.75, 3.05) is 19.8 Å². The SMILES string of the molecule is O=C(OCC(=O)c1ccc2c(c1)OCCO2)C(=Cc1ccc(F)cc1)c1cccs1. The lowest BCUT2D eigenvalue weighted by Gasteiger charge is -2.18. The van der Waals surface area contributed by atoms with Crippen LogP contribution in [0.25, 0.3) is 11.6 Å². The Morgan fingerprint density at radius 3 is 2.53 bits per heavy atom. The van der Waals surface area contributed by atoms with Gasteiger partial charge in [-0.25, -0.2) is 9.18 Å². The molecule has 2 heterocycles. The highest BCUT2D eigenvalue weighted by atomic mass is 32.1. The molecule has 0 atom stereocenters. The zero-order valence-electron chi connectivity index (χ0n) is 15.8. The van der Waals surface area contributed by atoms with Crippen molar-refractivity contribution >= 4 is 34.7 Å². The minimum absolute atomic E-state index is 0.298. The van der Waals surface area contributed by atoms with E-state index < -0.39 is 12.6 Å². The van der Waals surface area contributed by atoms with Gasteiger partial charge in [-0.05, 0) is 53.4 Å². The zero-order chi connectivity index (χ0) is 20.9. The Kier molecular flexibility index (Phi) is 5.90. The van der Waals surface area contributed by atoms with E-state index in [1.165, 1.54) is 23.5 Å². The lowest BCUT2D eigenvalue weighted by molar-refractivity contribution is -0.135. The van der Waals surface area contributed by atoms with E-state index >= 15 is 0 Å². The standard InChI is InChI=1S/C23H17FO5S/c24-17-6-3-15(4-7-17)12-18(22-2-1-11-30-22)23(26)29-14-19(25)16-5-8-20-21(13-16)28-10-9-27-20/h1-8,11-13H,9-10,14H2. The highest BCUT2D eigenvalue weighted by Gasteiger charge is 2.19. The summed E-state index contributed by atoms with van der Waals surface area (Å²) in [5.74, 6) is -0.274. The van der Waals surface area contributed by atoms with Crippen molar-refractivity contribution in [1.82, 2.24) is 0 Å². The molecule has 0 bridgehead atoms. The maximum Gasteiger partial charge on any atom is 0.340 e. The molecular formula is C23H17FO5S. The maximum atomic E-state index is 13.2. The van der Waals surface area contributed by atoms with Gasteiger partial charge in [0.2, 0.25) is 0 Å². The number of ketones is 1. The van der Waals surface area contributed by atoms with Crippen molar-refractivity contribution in [1.29, 1.82) is 0 Å². The molecular weight excluding hydrogens is 407 g/mol. The second-order valence-electron chi connectivity index (χ2n) is 6.44. The Hall–Kier alpha value is -3.45. The summed E-state index contributed by atoms with van der Waals surface area (Å²) in [4.78, 5) is 25.9. The molecule has 1 aromatic heterocycles. The molecule has 0 fully saturated rings. The van der Waals surface area contributed by atoms with Crippen LogP contribution in [0.1, 0.15) is 20.8 Å². The topological polar surface area (TPSA) is 61.8 Å². The number of ether oxygens (including phenoxy) is 3. The molecule has 5 nitrogen and oxygen atoms in total. The first-order valence-electron chi connectivity index (χ1n) is 9.21. The highest BCUT2D eigenvalue weighted by Crippen LogP contribution is 2.31. The van der Waals surface area contributed by atoms with Gasteiger partial charge in [-0.3, -0.25) is 4.79 Å². The fourth-order valence-corrected chi connectivity index (χ4v) is 3.63. The summed E-state index contributed by atoms with van der Waals surface area (Å²) < 4.78 is 29.4. The summed E-state index contributed by atoms with van der Waals surface area (Å²) in [6.07, 6.45) is 1.61. The molecule has 0 N–H and O–H groups in total. The van der Waals surface area contributed by atoms with Gasteiger partial charge in [-0.15, -0.1) is 11.3 Å². The third kappa shape index (κ3) is 4.58. The Morgan fingerprint density at radius 2 is 1.80 bits per heavy atom. The fraction of sp³-hybridized carbons (Fsp3) is 0.130. The molecule has 0 spiro atoms. The zero-order valence-corrected chi connectivity index (χ0v) is 16.6. The van der Waals surface area contributed by atoms with Crippen LogP contribution >= 0.6 is 11.3 Å². The molecule has 0 aliphatic carbocycles. The van der Waals surface area contributed by atoms with E-state index in [4.69, 9.17) is 14.2 Å². The Bertz CT molecular complexity index is 1090. The summed E-state index contributed by atoms with van der Waals surface area (Å²) in [6, 6.07) is 14.2. The van der Waals surface area contributed by atoms with Crippen LogP contribution in [-0.4, -0.2) is 31.6 Å². The second kappa shape index (κ2) is 8.92. The lowest BCUT2D eigenvalue weighted by atomic mass is 10.1. The number of thiophene rings is 1. The van der Waals surface area contributed by atoms with Crippen LogP contribution in [0.4, 0.5) is 4.39 Å². The molecule has 1 aliphatic heterocycles. The molecule has 0 radical (unpaired) electrons. The third-order valence-electron chi connectivity index (χ3n) is 4.39. The number of rotatable bonds is 6. The molecule has 152 valence electrons. The summed E-state index contributed by atoms with van der Waals surface area (Å²) in [7, 11) is 0. The van der Waals surface area contributed by atoms with Crippen LogP contribution in [0.2, 0.25) is 0 Å². The van der Waals surface area contributed by atoms with Crippen molar-refractivity contribution in [3.05, 3.63) is 81.8 Å². The van der Waals surface area contributed by atoms with Crippen LogP contribution < -0.4 is 9.47 Å². The van der Waals surface area contributed by atoms with Gasteiger partial charge in [0.05, 0.1) is 5.57 Å². The van der Waals surface area contributed by atoms with E-state index in [9.17, 15) is 14.0 Å². The summed E-state index contributed by atoms with van der Waals surface area (Å²) in [6.45, 7) is 0.465. The van der Waals surface area contributed by atoms with Crippen LogP contribution in [0.3, 0.4) is 0 Å². The first-order valence-corrected chi connectivity index (χ1v) is 10.1.